The van der Waals surface area contributed by atoms with E-state index in [2.05, 4.69) is 29.6 Å². The summed E-state index contributed by atoms with van der Waals surface area (Å²) in [6.07, 6.45) is 5.61. The topological polar surface area (TPSA) is 21.3 Å². The van der Waals surface area contributed by atoms with E-state index in [-0.39, 0.29) is 6.04 Å². The first-order valence-electron chi connectivity index (χ1n) is 7.74. The molecule has 2 aromatic rings. The molecule has 4 heteroatoms. The minimum absolute atomic E-state index is 0.142. The molecular weight excluding hydrogens is 329 g/mol. The Balaban J connectivity index is 1.83. The number of hydrogen-bond donors (Lipinski definition) is 1. The quantitative estimate of drug-likeness (QED) is 0.691. The van der Waals surface area contributed by atoms with E-state index in [9.17, 15) is 0 Å². The number of methoxy groups -OCH3 is 1. The third kappa shape index (κ3) is 2.41. The number of halogens is 2. The van der Waals surface area contributed by atoms with Gasteiger partial charge in [0.1, 0.15) is 5.75 Å². The van der Waals surface area contributed by atoms with E-state index in [1.807, 2.05) is 24.3 Å². The number of benzene rings is 2. The summed E-state index contributed by atoms with van der Waals surface area (Å²) in [6, 6.07) is 12.1. The van der Waals surface area contributed by atoms with Crippen LogP contribution in [0.2, 0.25) is 10.0 Å². The number of rotatable bonds is 2. The second-order valence-corrected chi connectivity index (χ2v) is 6.91. The molecule has 118 valence electrons. The van der Waals surface area contributed by atoms with Crippen molar-refractivity contribution in [3.8, 4) is 5.75 Å². The Morgan fingerprint density at radius 3 is 2.78 bits per heavy atom. The van der Waals surface area contributed by atoms with Gasteiger partial charge in [0.15, 0.2) is 0 Å². The third-order valence-electron chi connectivity index (χ3n) is 4.88. The van der Waals surface area contributed by atoms with Crippen LogP contribution in [-0.2, 0) is 0 Å². The molecule has 1 aliphatic carbocycles. The Bertz CT molecular complexity index is 787. The van der Waals surface area contributed by atoms with E-state index in [1.165, 1.54) is 5.56 Å². The van der Waals surface area contributed by atoms with Crippen LogP contribution in [0.3, 0.4) is 0 Å². The minimum Gasteiger partial charge on any atom is -0.495 e. The number of para-hydroxylation sites is 1. The van der Waals surface area contributed by atoms with Crippen molar-refractivity contribution >= 4 is 28.9 Å². The van der Waals surface area contributed by atoms with Gasteiger partial charge < -0.3 is 10.1 Å². The summed E-state index contributed by atoms with van der Waals surface area (Å²) >= 11 is 12.5. The summed E-state index contributed by atoms with van der Waals surface area (Å²) in [5, 5.41) is 5.04. The number of nitrogens with one attached hydrogen (secondary N) is 1. The second kappa shape index (κ2) is 5.77. The minimum atomic E-state index is 0.142. The number of allylic oxidation sites excluding steroid dienone is 2. The van der Waals surface area contributed by atoms with Crippen LogP contribution in [0.15, 0.2) is 48.6 Å². The highest BCUT2D eigenvalue weighted by Crippen LogP contribution is 2.52. The fourth-order valence-corrected chi connectivity index (χ4v) is 4.35. The van der Waals surface area contributed by atoms with Crippen LogP contribution in [0.1, 0.15) is 29.5 Å². The molecule has 23 heavy (non-hydrogen) atoms. The zero-order valence-electron chi connectivity index (χ0n) is 12.7. The van der Waals surface area contributed by atoms with E-state index < -0.39 is 0 Å². The molecule has 2 aromatic carbocycles. The first kappa shape index (κ1) is 14.9. The fourth-order valence-electron chi connectivity index (χ4n) is 3.82. The number of fused-ring (bicyclic) bond motifs is 3. The highest BCUT2D eigenvalue weighted by molar-refractivity contribution is 6.35. The Kier molecular flexibility index (Phi) is 3.74. The summed E-state index contributed by atoms with van der Waals surface area (Å²) in [5.74, 6) is 1.71. The van der Waals surface area contributed by atoms with Gasteiger partial charge in [0, 0.05) is 16.0 Å². The number of anilines is 1. The highest BCUT2D eigenvalue weighted by atomic mass is 35.5. The number of hydrogen-bond acceptors (Lipinski definition) is 2. The zero-order chi connectivity index (χ0) is 16.0. The Morgan fingerprint density at radius 1 is 1.13 bits per heavy atom. The van der Waals surface area contributed by atoms with Gasteiger partial charge in [-0.1, -0.05) is 53.6 Å². The zero-order valence-corrected chi connectivity index (χ0v) is 14.2. The molecule has 1 N–H and O–H groups in total. The molecule has 0 aromatic heterocycles. The van der Waals surface area contributed by atoms with Gasteiger partial charge in [-0.2, -0.15) is 0 Å². The van der Waals surface area contributed by atoms with Gasteiger partial charge in [-0.15, -0.1) is 0 Å². The molecule has 4 rings (SSSR count). The maximum atomic E-state index is 6.48. The lowest BCUT2D eigenvalue weighted by Gasteiger charge is -2.38. The molecule has 0 unspecified atom stereocenters. The van der Waals surface area contributed by atoms with E-state index in [4.69, 9.17) is 27.9 Å². The van der Waals surface area contributed by atoms with Gasteiger partial charge >= 0.3 is 0 Å². The molecule has 2 aliphatic rings. The molecule has 0 saturated heterocycles. The van der Waals surface area contributed by atoms with Crippen LogP contribution >= 0.6 is 23.2 Å². The van der Waals surface area contributed by atoms with Crippen molar-refractivity contribution in [1.29, 1.82) is 0 Å². The largest absolute Gasteiger partial charge is 0.495 e. The maximum absolute atomic E-state index is 6.48. The molecule has 1 heterocycles. The number of ether oxygens (including phenoxy) is 1. The van der Waals surface area contributed by atoms with Crippen molar-refractivity contribution in [2.75, 3.05) is 12.4 Å². The van der Waals surface area contributed by atoms with E-state index in [0.717, 1.165) is 23.4 Å². The predicted octanol–water partition coefficient (Wildman–Crippen LogP) is 5.83. The van der Waals surface area contributed by atoms with E-state index in [0.29, 0.717) is 21.9 Å². The average Bonchev–Trinajstić information content (AvgIpc) is 3.04. The van der Waals surface area contributed by atoms with Gasteiger partial charge in [-0.25, -0.2) is 0 Å². The summed E-state index contributed by atoms with van der Waals surface area (Å²) in [5.41, 5.74) is 3.45. The normalized spacial score (nSPS) is 24.7. The monoisotopic (exact) mass is 345 g/mol. The van der Waals surface area contributed by atoms with Crippen LogP contribution in [-0.4, -0.2) is 7.11 Å². The maximum Gasteiger partial charge on any atom is 0.142 e. The van der Waals surface area contributed by atoms with Crippen molar-refractivity contribution in [3.05, 3.63) is 69.7 Å². The van der Waals surface area contributed by atoms with Gasteiger partial charge in [-0.3, -0.25) is 0 Å². The van der Waals surface area contributed by atoms with Crippen molar-refractivity contribution in [3.63, 3.8) is 0 Å². The molecule has 2 nitrogen and oxygen atoms in total. The van der Waals surface area contributed by atoms with Crippen LogP contribution in [0, 0.1) is 5.92 Å². The molecule has 0 amide bonds. The van der Waals surface area contributed by atoms with Crippen LogP contribution in [0.5, 0.6) is 5.75 Å². The summed E-state index contributed by atoms with van der Waals surface area (Å²) < 4.78 is 5.55. The Hall–Kier alpha value is -1.64. The smallest absolute Gasteiger partial charge is 0.142 e. The lowest BCUT2D eigenvalue weighted by atomic mass is 9.77. The van der Waals surface area contributed by atoms with Crippen molar-refractivity contribution in [2.24, 2.45) is 5.92 Å². The van der Waals surface area contributed by atoms with Crippen LogP contribution in [0.25, 0.3) is 0 Å². The Morgan fingerprint density at radius 2 is 2.00 bits per heavy atom. The lowest BCUT2D eigenvalue weighted by molar-refractivity contribution is 0.397. The predicted molar refractivity (Wildman–Crippen MR) is 95.8 cm³/mol. The van der Waals surface area contributed by atoms with Crippen LogP contribution < -0.4 is 10.1 Å². The molecule has 0 spiro atoms. The fraction of sp³-hybridized carbons (Fsp3) is 0.263. The SMILES string of the molecule is COc1cccc2c1N[C@@H](c1ccc(Cl)cc1Cl)[C@@H]1CC=C[C@@H]21. The van der Waals surface area contributed by atoms with Crippen molar-refractivity contribution < 1.29 is 4.74 Å². The summed E-state index contributed by atoms with van der Waals surface area (Å²) in [4.78, 5) is 0. The molecule has 0 fully saturated rings. The first-order chi connectivity index (χ1) is 11.2. The highest BCUT2D eigenvalue weighted by Gasteiger charge is 2.39. The van der Waals surface area contributed by atoms with Gasteiger partial charge in [0.2, 0.25) is 0 Å². The van der Waals surface area contributed by atoms with Crippen LogP contribution in [0.4, 0.5) is 5.69 Å². The van der Waals surface area contributed by atoms with Crippen molar-refractivity contribution in [1.82, 2.24) is 0 Å². The Labute approximate surface area is 146 Å². The average molecular weight is 346 g/mol. The second-order valence-electron chi connectivity index (χ2n) is 6.07. The molecule has 3 atom stereocenters. The molecule has 1 aliphatic heterocycles. The van der Waals surface area contributed by atoms with Gasteiger partial charge in [-0.05, 0) is 41.7 Å². The standard InChI is InChI=1S/C19H17Cl2NO/c1-23-17-7-3-6-14-12-4-2-5-13(12)18(22-19(14)17)15-9-8-11(20)10-16(15)21/h2-4,6-10,12-13,18,22H,5H2,1H3/t12-,13-,18-/m1/s1. The molecule has 0 radical (unpaired) electrons. The molecule has 0 saturated carbocycles. The third-order valence-corrected chi connectivity index (χ3v) is 5.44. The van der Waals surface area contributed by atoms with Crippen molar-refractivity contribution in [2.45, 2.75) is 18.4 Å². The first-order valence-corrected chi connectivity index (χ1v) is 8.49. The summed E-state index contributed by atoms with van der Waals surface area (Å²) in [7, 11) is 1.71. The molecular formula is C19H17Cl2NO. The van der Waals surface area contributed by atoms with E-state index in [1.54, 1.807) is 7.11 Å². The van der Waals surface area contributed by atoms with Gasteiger partial charge in [0.25, 0.3) is 0 Å². The van der Waals surface area contributed by atoms with Gasteiger partial charge in [0.05, 0.1) is 18.8 Å². The van der Waals surface area contributed by atoms with E-state index >= 15 is 0 Å². The summed E-state index contributed by atoms with van der Waals surface area (Å²) in [6.45, 7) is 0. The lowest BCUT2D eigenvalue weighted by Crippen LogP contribution is -2.29. The molecule has 0 bridgehead atoms.